The second kappa shape index (κ2) is 7.48. The van der Waals surface area contributed by atoms with Crippen molar-refractivity contribution >= 4 is 0 Å². The van der Waals surface area contributed by atoms with Gasteiger partial charge in [0.25, 0.3) is 0 Å². The Hall–Kier alpha value is -1.10. The fourth-order valence-corrected chi connectivity index (χ4v) is 2.65. The molecule has 1 aromatic carbocycles. The van der Waals surface area contributed by atoms with E-state index in [1.807, 2.05) is 19.1 Å². The lowest BCUT2D eigenvalue weighted by Gasteiger charge is -2.35. The lowest BCUT2D eigenvalue weighted by molar-refractivity contribution is 0.141. The molecule has 4 nitrogen and oxygen atoms in total. The molecule has 1 aliphatic rings. The van der Waals surface area contributed by atoms with Crippen molar-refractivity contribution < 1.29 is 9.84 Å². The summed E-state index contributed by atoms with van der Waals surface area (Å²) in [5.74, 6) is 0.915. The van der Waals surface area contributed by atoms with Crippen LogP contribution >= 0.6 is 0 Å². The largest absolute Gasteiger partial charge is 0.494 e. The molecule has 0 radical (unpaired) electrons. The summed E-state index contributed by atoms with van der Waals surface area (Å²) in [6.45, 7) is 7.00. The van der Waals surface area contributed by atoms with Crippen LogP contribution in [0.15, 0.2) is 24.3 Å². The van der Waals surface area contributed by atoms with Gasteiger partial charge in [0.1, 0.15) is 5.75 Å². The standard InChI is InChI=1S/C15H24N2O2/c1-2-19-14-5-3-4-13(12-14)15(6-11-18)17-9-7-16-8-10-17/h3-5,12,15-16,18H,2,6-11H2,1H3/t15-/m1/s1. The normalized spacial score (nSPS) is 18.2. The summed E-state index contributed by atoms with van der Waals surface area (Å²) >= 11 is 0. The first-order valence-electron chi connectivity index (χ1n) is 7.13. The van der Waals surface area contributed by atoms with E-state index in [9.17, 15) is 5.11 Å². The molecular formula is C15H24N2O2. The van der Waals surface area contributed by atoms with Crippen LogP contribution < -0.4 is 10.1 Å². The number of aliphatic hydroxyl groups is 1. The van der Waals surface area contributed by atoms with Crippen LogP contribution in [-0.2, 0) is 0 Å². The molecule has 4 heteroatoms. The van der Waals surface area contributed by atoms with E-state index in [0.29, 0.717) is 6.61 Å². The Bertz CT molecular complexity index is 378. The van der Waals surface area contributed by atoms with Gasteiger partial charge in [-0.25, -0.2) is 0 Å². The van der Waals surface area contributed by atoms with E-state index in [0.717, 1.165) is 38.3 Å². The van der Waals surface area contributed by atoms with Crippen molar-refractivity contribution in [2.45, 2.75) is 19.4 Å². The number of nitrogens with one attached hydrogen (secondary N) is 1. The molecule has 19 heavy (non-hydrogen) atoms. The molecule has 0 aromatic heterocycles. The fourth-order valence-electron chi connectivity index (χ4n) is 2.65. The number of hydrogen-bond donors (Lipinski definition) is 2. The van der Waals surface area contributed by atoms with Gasteiger partial charge in [0.15, 0.2) is 0 Å². The molecule has 1 atom stereocenters. The molecule has 0 unspecified atom stereocenters. The van der Waals surface area contributed by atoms with Gasteiger partial charge in [0, 0.05) is 38.8 Å². The number of nitrogens with zero attached hydrogens (tertiary/aromatic N) is 1. The van der Waals surface area contributed by atoms with E-state index >= 15 is 0 Å². The lowest BCUT2D eigenvalue weighted by atomic mass is 10.0. The second-order valence-electron chi connectivity index (χ2n) is 4.82. The van der Waals surface area contributed by atoms with Crippen LogP contribution in [-0.4, -0.2) is 49.4 Å². The molecular weight excluding hydrogens is 240 g/mol. The van der Waals surface area contributed by atoms with Crippen molar-refractivity contribution in [3.8, 4) is 5.75 Å². The first-order chi connectivity index (χ1) is 9.35. The highest BCUT2D eigenvalue weighted by Crippen LogP contribution is 2.27. The minimum absolute atomic E-state index is 0.216. The third kappa shape index (κ3) is 3.93. The summed E-state index contributed by atoms with van der Waals surface area (Å²) in [5.41, 5.74) is 1.24. The minimum Gasteiger partial charge on any atom is -0.494 e. The Morgan fingerprint density at radius 1 is 1.37 bits per heavy atom. The molecule has 1 aromatic rings. The molecule has 0 aliphatic carbocycles. The highest BCUT2D eigenvalue weighted by molar-refractivity contribution is 5.30. The van der Waals surface area contributed by atoms with Gasteiger partial charge in [-0.1, -0.05) is 12.1 Å². The first kappa shape index (κ1) is 14.3. The fraction of sp³-hybridized carbons (Fsp3) is 0.600. The number of ether oxygens (including phenoxy) is 1. The molecule has 0 amide bonds. The minimum atomic E-state index is 0.216. The van der Waals surface area contributed by atoms with E-state index in [1.54, 1.807) is 0 Å². The van der Waals surface area contributed by atoms with Crippen LogP contribution in [0.1, 0.15) is 24.9 Å². The maximum absolute atomic E-state index is 9.33. The van der Waals surface area contributed by atoms with Crippen LogP contribution in [0.4, 0.5) is 0 Å². The predicted molar refractivity (Wildman–Crippen MR) is 76.5 cm³/mol. The summed E-state index contributed by atoms with van der Waals surface area (Å²) in [6.07, 6.45) is 0.773. The van der Waals surface area contributed by atoms with Crippen LogP contribution in [0, 0.1) is 0 Å². The number of aliphatic hydroxyl groups excluding tert-OH is 1. The van der Waals surface area contributed by atoms with E-state index in [2.05, 4.69) is 22.3 Å². The van der Waals surface area contributed by atoms with Gasteiger partial charge < -0.3 is 15.2 Å². The number of piperazine rings is 1. The van der Waals surface area contributed by atoms with Crippen LogP contribution in [0.3, 0.4) is 0 Å². The van der Waals surface area contributed by atoms with Crippen LogP contribution in [0.2, 0.25) is 0 Å². The van der Waals surface area contributed by atoms with Crippen LogP contribution in [0.25, 0.3) is 0 Å². The summed E-state index contributed by atoms with van der Waals surface area (Å²) in [7, 11) is 0. The van der Waals surface area contributed by atoms with Gasteiger partial charge in [-0.3, -0.25) is 4.90 Å². The molecule has 106 valence electrons. The Morgan fingerprint density at radius 3 is 2.84 bits per heavy atom. The summed E-state index contributed by atoms with van der Waals surface area (Å²) in [6, 6.07) is 8.54. The van der Waals surface area contributed by atoms with Gasteiger partial charge in [0.2, 0.25) is 0 Å². The maximum Gasteiger partial charge on any atom is 0.119 e. The zero-order chi connectivity index (χ0) is 13.5. The lowest BCUT2D eigenvalue weighted by Crippen LogP contribution is -2.45. The molecule has 0 spiro atoms. The Kier molecular flexibility index (Phi) is 5.63. The molecule has 1 saturated heterocycles. The van der Waals surface area contributed by atoms with Gasteiger partial charge in [-0.05, 0) is 31.0 Å². The Balaban J connectivity index is 2.14. The third-order valence-electron chi connectivity index (χ3n) is 3.55. The average Bonchev–Trinajstić information content (AvgIpc) is 2.46. The SMILES string of the molecule is CCOc1cccc([C@@H](CCO)N2CCNCC2)c1. The summed E-state index contributed by atoms with van der Waals surface area (Å²) in [5, 5.41) is 12.7. The van der Waals surface area contributed by atoms with Crippen molar-refractivity contribution in [2.75, 3.05) is 39.4 Å². The van der Waals surface area contributed by atoms with Crippen molar-refractivity contribution in [3.63, 3.8) is 0 Å². The smallest absolute Gasteiger partial charge is 0.119 e. The van der Waals surface area contributed by atoms with Gasteiger partial charge in [-0.2, -0.15) is 0 Å². The maximum atomic E-state index is 9.33. The van der Waals surface area contributed by atoms with Gasteiger partial charge in [0.05, 0.1) is 6.61 Å². The molecule has 1 aliphatic heterocycles. The zero-order valence-electron chi connectivity index (χ0n) is 11.6. The Morgan fingerprint density at radius 2 is 2.16 bits per heavy atom. The number of benzene rings is 1. The summed E-state index contributed by atoms with van der Waals surface area (Å²) < 4.78 is 5.57. The van der Waals surface area contributed by atoms with Crippen molar-refractivity contribution in [2.24, 2.45) is 0 Å². The predicted octanol–water partition coefficient (Wildman–Crippen LogP) is 1.41. The quantitative estimate of drug-likeness (QED) is 0.815. The monoisotopic (exact) mass is 264 g/mol. The van der Waals surface area contributed by atoms with E-state index in [1.165, 1.54) is 5.56 Å². The number of rotatable bonds is 6. The number of hydrogen-bond acceptors (Lipinski definition) is 4. The molecule has 2 rings (SSSR count). The molecule has 0 saturated carbocycles. The molecule has 1 fully saturated rings. The van der Waals surface area contributed by atoms with E-state index in [4.69, 9.17) is 4.74 Å². The highest BCUT2D eigenvalue weighted by atomic mass is 16.5. The van der Waals surface area contributed by atoms with Gasteiger partial charge >= 0.3 is 0 Å². The highest BCUT2D eigenvalue weighted by Gasteiger charge is 2.21. The van der Waals surface area contributed by atoms with Crippen molar-refractivity contribution in [1.82, 2.24) is 10.2 Å². The van der Waals surface area contributed by atoms with E-state index < -0.39 is 0 Å². The first-order valence-corrected chi connectivity index (χ1v) is 7.13. The molecule has 0 bridgehead atoms. The Labute approximate surface area is 115 Å². The third-order valence-corrected chi connectivity index (χ3v) is 3.55. The topological polar surface area (TPSA) is 44.7 Å². The van der Waals surface area contributed by atoms with Crippen molar-refractivity contribution in [3.05, 3.63) is 29.8 Å². The van der Waals surface area contributed by atoms with Crippen LogP contribution in [0.5, 0.6) is 5.75 Å². The average molecular weight is 264 g/mol. The van der Waals surface area contributed by atoms with E-state index in [-0.39, 0.29) is 12.6 Å². The zero-order valence-corrected chi connectivity index (χ0v) is 11.6. The summed E-state index contributed by atoms with van der Waals surface area (Å²) in [4.78, 5) is 2.44. The van der Waals surface area contributed by atoms with Gasteiger partial charge in [-0.15, -0.1) is 0 Å². The molecule has 1 heterocycles. The molecule has 2 N–H and O–H groups in total. The second-order valence-corrected chi connectivity index (χ2v) is 4.82. The van der Waals surface area contributed by atoms with Crippen molar-refractivity contribution in [1.29, 1.82) is 0 Å².